The average Bonchev–Trinajstić information content (AvgIpc) is 2.49. The van der Waals surface area contributed by atoms with Crippen molar-refractivity contribution in [2.24, 2.45) is 5.41 Å². The Kier molecular flexibility index (Phi) is 6.73. The normalized spacial score (nSPS) is 25.3. The van der Waals surface area contributed by atoms with Crippen molar-refractivity contribution in [3.05, 3.63) is 0 Å². The maximum absolute atomic E-state index is 12.5. The summed E-state index contributed by atoms with van der Waals surface area (Å²) >= 11 is 0. The Bertz CT molecular complexity index is 278. The van der Waals surface area contributed by atoms with Crippen LogP contribution in [-0.2, 0) is 14.3 Å². The van der Waals surface area contributed by atoms with Crippen molar-refractivity contribution in [2.75, 3.05) is 13.2 Å². The van der Waals surface area contributed by atoms with Gasteiger partial charge in [0, 0.05) is 6.61 Å². The minimum absolute atomic E-state index is 0. The second-order valence-corrected chi connectivity index (χ2v) is 5.02. The average molecular weight is 278 g/mol. The molecule has 1 aliphatic heterocycles. The first-order valence-electron chi connectivity index (χ1n) is 5.11. The van der Waals surface area contributed by atoms with E-state index < -0.39 is 36.9 Å². The van der Waals surface area contributed by atoms with Gasteiger partial charge in [-0.3, -0.25) is 4.79 Å². The molecule has 8 heteroatoms. The summed E-state index contributed by atoms with van der Waals surface area (Å²) in [5, 5.41) is 0. The molecule has 0 aliphatic carbocycles. The fourth-order valence-corrected chi connectivity index (χ4v) is 1.34. The van der Waals surface area contributed by atoms with Crippen LogP contribution in [0.15, 0.2) is 0 Å². The molecule has 0 aromatic rings. The molecule has 0 spiro atoms. The van der Waals surface area contributed by atoms with Crippen molar-refractivity contribution in [1.29, 1.82) is 0 Å². The van der Waals surface area contributed by atoms with Crippen molar-refractivity contribution in [1.82, 2.24) is 0 Å². The van der Waals surface area contributed by atoms with Gasteiger partial charge in [0.2, 0.25) is 0 Å². The van der Waals surface area contributed by atoms with E-state index in [0.29, 0.717) is 0 Å². The number of rotatable bonds is 2. The number of ether oxygens (including phenoxy) is 2. The van der Waals surface area contributed by atoms with Crippen molar-refractivity contribution in [3.63, 3.8) is 0 Å². The van der Waals surface area contributed by atoms with Crippen LogP contribution < -0.4 is 51.4 Å². The topological polar surface area (TPSA) is 35.5 Å². The summed E-state index contributed by atoms with van der Waals surface area (Å²) in [7, 11) is 0. The van der Waals surface area contributed by atoms with Crippen LogP contribution >= 0.6 is 0 Å². The van der Waals surface area contributed by atoms with Crippen molar-refractivity contribution < 1.29 is 78.6 Å². The molecule has 2 atom stereocenters. The Morgan fingerprint density at radius 3 is 2.24 bits per heavy atom. The van der Waals surface area contributed by atoms with Crippen LogP contribution in [0.25, 0.3) is 0 Å². The summed E-state index contributed by atoms with van der Waals surface area (Å²) in [6.07, 6.45) is -1.19. The van der Waals surface area contributed by atoms with Gasteiger partial charge in [0.15, 0.2) is 0 Å². The quantitative estimate of drug-likeness (QED) is 0.490. The van der Waals surface area contributed by atoms with E-state index in [0.717, 1.165) is 0 Å². The molecule has 0 saturated carbocycles. The van der Waals surface area contributed by atoms with E-state index in [1.165, 1.54) is 0 Å². The largest absolute Gasteiger partial charge is 1.00 e. The minimum Gasteiger partial charge on any atom is -0.462 e. The number of esters is 1. The SMILES string of the molecule is CC(C)(C)C(=O)OC1COCC1[B-](F)(F)F.[K+]. The number of hydrogen-bond acceptors (Lipinski definition) is 3. The van der Waals surface area contributed by atoms with Gasteiger partial charge >= 0.3 is 64.3 Å². The molecule has 2 unspecified atom stereocenters. The van der Waals surface area contributed by atoms with E-state index >= 15 is 0 Å². The van der Waals surface area contributed by atoms with Crippen molar-refractivity contribution in [2.45, 2.75) is 32.7 Å². The van der Waals surface area contributed by atoms with Crippen LogP contribution in [0, 0.1) is 5.41 Å². The van der Waals surface area contributed by atoms with Crippen LogP contribution in [0.1, 0.15) is 20.8 Å². The standard InChI is InChI=1S/C9H15BF3O3.K/c1-9(2,3)8(14)16-7-5-15-4-6(7)10(11,12)13;/h6-7H,4-5H2,1-3H3;/q-1;+1. The van der Waals surface area contributed by atoms with Gasteiger partial charge < -0.3 is 22.4 Å². The summed E-state index contributed by atoms with van der Waals surface area (Å²) in [4.78, 5) is 11.5. The molecule has 1 fully saturated rings. The Morgan fingerprint density at radius 1 is 1.29 bits per heavy atom. The fourth-order valence-electron chi connectivity index (χ4n) is 1.34. The summed E-state index contributed by atoms with van der Waals surface area (Å²) in [5.41, 5.74) is -0.800. The van der Waals surface area contributed by atoms with Gasteiger partial charge in [-0.2, -0.15) is 0 Å². The monoisotopic (exact) mass is 278 g/mol. The van der Waals surface area contributed by atoms with Gasteiger partial charge in [0.05, 0.1) is 12.0 Å². The van der Waals surface area contributed by atoms with Gasteiger partial charge in [0.25, 0.3) is 0 Å². The Morgan fingerprint density at radius 2 is 1.82 bits per heavy atom. The maximum Gasteiger partial charge on any atom is 1.00 e. The molecule has 0 N–H and O–H groups in total. The number of halogens is 3. The van der Waals surface area contributed by atoms with E-state index in [9.17, 15) is 17.7 Å². The zero-order valence-electron chi connectivity index (χ0n) is 10.5. The molecule has 0 aromatic heterocycles. The molecule has 3 nitrogen and oxygen atoms in total. The van der Waals surface area contributed by atoms with Crippen molar-refractivity contribution in [3.8, 4) is 0 Å². The molecule has 0 amide bonds. The van der Waals surface area contributed by atoms with Crippen LogP contribution in [-0.4, -0.2) is 32.3 Å². The summed E-state index contributed by atoms with van der Waals surface area (Å²) in [6, 6.07) is 0. The van der Waals surface area contributed by atoms with Gasteiger partial charge in [-0.15, -0.1) is 0 Å². The third kappa shape index (κ3) is 5.20. The molecule has 1 rings (SSSR count). The molecular formula is C9H15BF3KO3. The number of carbonyl (C=O) groups is 1. The van der Waals surface area contributed by atoms with Crippen LogP contribution in [0.2, 0.25) is 5.82 Å². The molecular weight excluding hydrogens is 263 g/mol. The van der Waals surface area contributed by atoms with Gasteiger partial charge in [0.1, 0.15) is 6.10 Å². The number of carbonyl (C=O) groups excluding carboxylic acids is 1. The van der Waals surface area contributed by atoms with Crippen LogP contribution in [0.3, 0.4) is 0 Å². The molecule has 0 aromatic carbocycles. The Balaban J connectivity index is 0.00000256. The van der Waals surface area contributed by atoms with Gasteiger partial charge in [-0.1, -0.05) is 0 Å². The van der Waals surface area contributed by atoms with E-state index in [4.69, 9.17) is 9.47 Å². The second kappa shape index (κ2) is 6.38. The zero-order chi connectivity index (χ0) is 12.6. The van der Waals surface area contributed by atoms with Crippen LogP contribution in [0.4, 0.5) is 12.9 Å². The molecule has 17 heavy (non-hydrogen) atoms. The second-order valence-electron chi connectivity index (χ2n) is 5.02. The zero-order valence-corrected chi connectivity index (χ0v) is 13.6. The van der Waals surface area contributed by atoms with Crippen molar-refractivity contribution >= 4 is 12.9 Å². The molecule has 94 valence electrons. The van der Waals surface area contributed by atoms with Gasteiger partial charge in [-0.25, -0.2) is 0 Å². The van der Waals surface area contributed by atoms with E-state index in [1.54, 1.807) is 20.8 Å². The molecule has 1 saturated heterocycles. The first-order valence-corrected chi connectivity index (χ1v) is 5.11. The Labute approximate surface area is 141 Å². The first kappa shape index (κ1) is 17.9. The molecule has 0 bridgehead atoms. The molecule has 0 radical (unpaired) electrons. The maximum atomic E-state index is 12.5. The number of hydrogen-bond donors (Lipinski definition) is 0. The molecule has 1 heterocycles. The molecule has 1 aliphatic rings. The van der Waals surface area contributed by atoms with Gasteiger partial charge in [-0.05, 0) is 26.6 Å². The first-order chi connectivity index (χ1) is 7.12. The third-order valence-electron chi connectivity index (χ3n) is 2.43. The Hall–Kier alpha value is 0.921. The predicted octanol–water partition coefficient (Wildman–Crippen LogP) is -0.804. The van der Waals surface area contributed by atoms with E-state index in [1.807, 2.05) is 0 Å². The summed E-state index contributed by atoms with van der Waals surface area (Å²) in [5.74, 6) is -2.28. The van der Waals surface area contributed by atoms with Crippen LogP contribution in [0.5, 0.6) is 0 Å². The third-order valence-corrected chi connectivity index (χ3v) is 2.43. The van der Waals surface area contributed by atoms with E-state index in [-0.39, 0.29) is 58.0 Å². The van der Waals surface area contributed by atoms with E-state index in [2.05, 4.69) is 0 Å². The summed E-state index contributed by atoms with van der Waals surface area (Å²) < 4.78 is 47.2. The summed E-state index contributed by atoms with van der Waals surface area (Å²) in [6.45, 7) is -0.827. The minimum atomic E-state index is -5.03. The fraction of sp³-hybridized carbons (Fsp3) is 0.889. The smallest absolute Gasteiger partial charge is 0.462 e. The predicted molar refractivity (Wildman–Crippen MR) is 53.0 cm³/mol.